The Morgan fingerprint density at radius 3 is 2.77 bits per heavy atom. The molecule has 158 valence electrons. The van der Waals surface area contributed by atoms with E-state index in [1.54, 1.807) is 41.1 Å². The van der Waals surface area contributed by atoms with Crippen LogP contribution in [0.25, 0.3) is 0 Å². The predicted molar refractivity (Wildman–Crippen MR) is 112 cm³/mol. The number of rotatable bonds is 6. The zero-order valence-corrected chi connectivity index (χ0v) is 17.4. The monoisotopic (exact) mass is 430 g/mol. The van der Waals surface area contributed by atoms with Crippen molar-refractivity contribution in [2.24, 2.45) is 5.92 Å². The first kappa shape index (κ1) is 20.3. The van der Waals surface area contributed by atoms with Gasteiger partial charge in [0.25, 0.3) is 0 Å². The first-order valence-electron chi connectivity index (χ1n) is 9.85. The molecule has 2 heterocycles. The molecule has 0 bridgehead atoms. The van der Waals surface area contributed by atoms with Crippen LogP contribution in [0.5, 0.6) is 17.2 Å². The van der Waals surface area contributed by atoms with Crippen molar-refractivity contribution in [3.63, 3.8) is 0 Å². The number of fused-ring (bicyclic) bond motifs is 1. The molecule has 0 aliphatic carbocycles. The second kappa shape index (κ2) is 8.83. The lowest BCUT2D eigenvalue weighted by molar-refractivity contribution is -0.134. The third-order valence-corrected chi connectivity index (χ3v) is 5.52. The molecule has 30 heavy (non-hydrogen) atoms. The van der Waals surface area contributed by atoms with Gasteiger partial charge in [0.1, 0.15) is 25.6 Å². The predicted octanol–water partition coefficient (Wildman–Crippen LogP) is 3.00. The molecule has 8 heteroatoms. The highest BCUT2D eigenvalue weighted by Gasteiger charge is 2.36. The van der Waals surface area contributed by atoms with Gasteiger partial charge in [0.05, 0.1) is 17.5 Å². The van der Waals surface area contributed by atoms with Crippen LogP contribution in [0.15, 0.2) is 42.5 Å². The average molecular weight is 431 g/mol. The maximum Gasteiger partial charge on any atom is 0.227 e. The summed E-state index contributed by atoms with van der Waals surface area (Å²) in [5, 5.41) is 0.531. The van der Waals surface area contributed by atoms with Crippen molar-refractivity contribution in [1.29, 1.82) is 0 Å². The molecule has 0 saturated carbocycles. The zero-order chi connectivity index (χ0) is 21.1. The molecule has 0 N–H and O–H groups in total. The number of para-hydroxylation sites is 1. The first-order valence-corrected chi connectivity index (χ1v) is 10.2. The summed E-state index contributed by atoms with van der Waals surface area (Å²) in [7, 11) is 1.72. The Hall–Kier alpha value is -2.93. The van der Waals surface area contributed by atoms with Crippen LogP contribution in [0.3, 0.4) is 0 Å². The highest BCUT2D eigenvalue weighted by molar-refractivity contribution is 6.32. The summed E-state index contributed by atoms with van der Waals surface area (Å²) in [5.74, 6) is 1.33. The van der Waals surface area contributed by atoms with Crippen molar-refractivity contribution >= 4 is 29.1 Å². The second-order valence-electron chi connectivity index (χ2n) is 7.27. The third-order valence-electron chi connectivity index (χ3n) is 5.21. The first-order chi connectivity index (χ1) is 14.5. The molecule has 2 amide bonds. The van der Waals surface area contributed by atoms with E-state index in [0.29, 0.717) is 60.9 Å². The van der Waals surface area contributed by atoms with Crippen molar-refractivity contribution in [1.82, 2.24) is 4.90 Å². The van der Waals surface area contributed by atoms with Gasteiger partial charge in [-0.05, 0) is 24.3 Å². The van der Waals surface area contributed by atoms with Gasteiger partial charge in [0, 0.05) is 31.8 Å². The number of hydrogen-bond donors (Lipinski definition) is 0. The van der Waals surface area contributed by atoms with Gasteiger partial charge in [-0.1, -0.05) is 23.7 Å². The van der Waals surface area contributed by atoms with Crippen LogP contribution >= 0.6 is 11.6 Å². The van der Waals surface area contributed by atoms with E-state index in [-0.39, 0.29) is 18.2 Å². The van der Waals surface area contributed by atoms with Crippen molar-refractivity contribution < 1.29 is 23.8 Å². The fourth-order valence-corrected chi connectivity index (χ4v) is 3.79. The van der Waals surface area contributed by atoms with Crippen molar-refractivity contribution in [3.8, 4) is 17.2 Å². The van der Waals surface area contributed by atoms with Gasteiger partial charge in [-0.2, -0.15) is 0 Å². The van der Waals surface area contributed by atoms with Gasteiger partial charge in [0.15, 0.2) is 11.5 Å². The van der Waals surface area contributed by atoms with Crippen LogP contribution in [-0.4, -0.2) is 56.7 Å². The quantitative estimate of drug-likeness (QED) is 0.704. The van der Waals surface area contributed by atoms with Gasteiger partial charge in [-0.15, -0.1) is 0 Å². The molecular formula is C22H23ClN2O5. The molecule has 1 fully saturated rings. The van der Waals surface area contributed by atoms with Gasteiger partial charge in [-0.3, -0.25) is 9.59 Å². The summed E-state index contributed by atoms with van der Waals surface area (Å²) in [6.07, 6.45) is 0.184. The minimum Gasteiger partial charge on any atom is -0.490 e. The number of halogens is 1. The van der Waals surface area contributed by atoms with Crippen molar-refractivity contribution in [2.45, 2.75) is 6.42 Å². The SMILES string of the molecule is CN(CCOc1ccccc1Cl)C(=O)C1CC(=O)N(c2ccc3c(c2)OCCO3)C1. The van der Waals surface area contributed by atoms with E-state index in [2.05, 4.69) is 0 Å². The minimum absolute atomic E-state index is 0.0776. The van der Waals surface area contributed by atoms with E-state index < -0.39 is 5.92 Å². The maximum absolute atomic E-state index is 12.8. The topological polar surface area (TPSA) is 68.3 Å². The summed E-state index contributed by atoms with van der Waals surface area (Å²) < 4.78 is 16.8. The Morgan fingerprint density at radius 1 is 1.20 bits per heavy atom. The summed E-state index contributed by atoms with van der Waals surface area (Å²) in [6, 6.07) is 12.6. The Bertz CT molecular complexity index is 951. The number of carbonyl (C=O) groups excluding carboxylic acids is 2. The third kappa shape index (κ3) is 4.31. The van der Waals surface area contributed by atoms with Gasteiger partial charge in [-0.25, -0.2) is 0 Å². The van der Waals surface area contributed by atoms with E-state index >= 15 is 0 Å². The van der Waals surface area contributed by atoms with Crippen LogP contribution in [-0.2, 0) is 9.59 Å². The van der Waals surface area contributed by atoms with Gasteiger partial charge < -0.3 is 24.0 Å². The normalized spacial score (nSPS) is 17.7. The summed E-state index contributed by atoms with van der Waals surface area (Å²) >= 11 is 6.08. The second-order valence-corrected chi connectivity index (χ2v) is 7.68. The lowest BCUT2D eigenvalue weighted by atomic mass is 10.1. The molecule has 2 aliphatic rings. The number of anilines is 1. The smallest absolute Gasteiger partial charge is 0.227 e. The van der Waals surface area contributed by atoms with E-state index in [0.717, 1.165) is 0 Å². The van der Waals surface area contributed by atoms with Crippen LogP contribution in [0.4, 0.5) is 5.69 Å². The lowest BCUT2D eigenvalue weighted by Gasteiger charge is -2.23. The molecule has 1 saturated heterocycles. The van der Waals surface area contributed by atoms with E-state index in [1.807, 2.05) is 18.2 Å². The zero-order valence-electron chi connectivity index (χ0n) is 16.7. The number of benzene rings is 2. The van der Waals surface area contributed by atoms with E-state index in [1.165, 1.54) is 0 Å². The molecule has 2 aliphatic heterocycles. The van der Waals surface area contributed by atoms with Crippen molar-refractivity contribution in [3.05, 3.63) is 47.5 Å². The molecule has 0 radical (unpaired) electrons. The van der Waals surface area contributed by atoms with Crippen LogP contribution < -0.4 is 19.1 Å². The maximum atomic E-state index is 12.8. The molecule has 0 aromatic heterocycles. The Labute approximate surface area is 180 Å². The number of hydrogen-bond acceptors (Lipinski definition) is 5. The Balaban J connectivity index is 1.34. The minimum atomic E-state index is -0.393. The summed E-state index contributed by atoms with van der Waals surface area (Å²) in [4.78, 5) is 28.6. The molecule has 1 atom stereocenters. The summed E-state index contributed by atoms with van der Waals surface area (Å²) in [5.41, 5.74) is 0.712. The summed E-state index contributed by atoms with van der Waals surface area (Å²) in [6.45, 7) is 2.05. The average Bonchev–Trinajstić information content (AvgIpc) is 3.15. The van der Waals surface area contributed by atoms with Crippen LogP contribution in [0.2, 0.25) is 5.02 Å². The van der Waals surface area contributed by atoms with Crippen molar-refractivity contribution in [2.75, 3.05) is 44.9 Å². The fraction of sp³-hybridized carbons (Fsp3) is 0.364. The fourth-order valence-electron chi connectivity index (χ4n) is 3.60. The number of ether oxygens (including phenoxy) is 3. The molecule has 2 aromatic rings. The standard InChI is InChI=1S/C22H23ClN2O5/c1-24(8-9-28-18-5-3-2-4-17(18)23)22(27)15-12-21(26)25(14-15)16-6-7-19-20(13-16)30-11-10-29-19/h2-7,13,15H,8-12,14H2,1H3. The lowest BCUT2D eigenvalue weighted by Crippen LogP contribution is -2.37. The number of nitrogens with zero attached hydrogens (tertiary/aromatic N) is 2. The van der Waals surface area contributed by atoms with E-state index in [9.17, 15) is 9.59 Å². The number of amides is 2. The Morgan fingerprint density at radius 2 is 1.97 bits per heavy atom. The van der Waals surface area contributed by atoms with Gasteiger partial charge >= 0.3 is 0 Å². The molecule has 1 unspecified atom stereocenters. The number of carbonyl (C=O) groups is 2. The van der Waals surface area contributed by atoms with Gasteiger partial charge in [0.2, 0.25) is 11.8 Å². The molecule has 4 rings (SSSR count). The highest BCUT2D eigenvalue weighted by Crippen LogP contribution is 2.36. The Kier molecular flexibility index (Phi) is 5.99. The molecule has 2 aromatic carbocycles. The van der Waals surface area contributed by atoms with E-state index in [4.69, 9.17) is 25.8 Å². The molecular weight excluding hydrogens is 408 g/mol. The molecule has 7 nitrogen and oxygen atoms in total. The van der Waals surface area contributed by atoms with Crippen LogP contribution in [0, 0.1) is 5.92 Å². The van der Waals surface area contributed by atoms with Crippen LogP contribution in [0.1, 0.15) is 6.42 Å². The largest absolute Gasteiger partial charge is 0.490 e. The highest BCUT2D eigenvalue weighted by atomic mass is 35.5. The molecule has 0 spiro atoms. The number of likely N-dealkylation sites (N-methyl/N-ethyl adjacent to an activating group) is 1.